The molecule has 0 aliphatic rings. The van der Waals surface area contributed by atoms with Gasteiger partial charge in [-0.25, -0.2) is 4.85 Å². The van der Waals surface area contributed by atoms with Gasteiger partial charge in [-0.1, -0.05) is 24.3 Å². The van der Waals surface area contributed by atoms with Crippen molar-refractivity contribution in [2.45, 2.75) is 12.8 Å². The molecular weight excluding hydrogens is 178 g/mol. The number of Topliss-reactive ketones (excluding diaryl/α,β-unsaturated/α-hetero) is 1. The van der Waals surface area contributed by atoms with Crippen molar-refractivity contribution in [3.05, 3.63) is 41.2 Å². The van der Waals surface area contributed by atoms with Crippen LogP contribution in [0.15, 0.2) is 24.3 Å². The number of carbonyl (C=O) groups excluding carboxylic acids is 2. The molecule has 0 aromatic heterocycles. The van der Waals surface area contributed by atoms with Crippen LogP contribution < -0.4 is 0 Å². The molecule has 70 valence electrons. The van der Waals surface area contributed by atoms with E-state index in [4.69, 9.17) is 6.57 Å². The van der Waals surface area contributed by atoms with Gasteiger partial charge in [-0.3, -0.25) is 4.79 Å². The first-order chi connectivity index (χ1) is 6.77. The Hall–Kier alpha value is -1.95. The van der Waals surface area contributed by atoms with E-state index in [0.29, 0.717) is 11.3 Å². The molecule has 1 aromatic carbocycles. The van der Waals surface area contributed by atoms with Crippen LogP contribution in [0.3, 0.4) is 0 Å². The van der Waals surface area contributed by atoms with Crippen LogP contribution in [-0.2, 0) is 4.79 Å². The van der Waals surface area contributed by atoms with E-state index in [-0.39, 0.29) is 18.6 Å². The smallest absolute Gasteiger partial charge is 0.187 e. The van der Waals surface area contributed by atoms with E-state index in [1.807, 2.05) is 0 Å². The Morgan fingerprint density at radius 3 is 2.50 bits per heavy atom. The molecular formula is C11H9NO2. The second-order valence-electron chi connectivity index (χ2n) is 2.79. The molecule has 0 aliphatic heterocycles. The number of ketones is 1. The zero-order valence-electron chi connectivity index (χ0n) is 7.56. The van der Waals surface area contributed by atoms with E-state index >= 15 is 0 Å². The largest absolute Gasteiger partial charge is 0.303 e. The highest BCUT2D eigenvalue weighted by Crippen LogP contribution is 2.13. The van der Waals surface area contributed by atoms with E-state index in [1.165, 1.54) is 0 Å². The van der Waals surface area contributed by atoms with E-state index in [1.54, 1.807) is 24.3 Å². The predicted octanol–water partition coefficient (Wildman–Crippen LogP) is 2.40. The maximum atomic E-state index is 11.4. The molecule has 0 unspecified atom stereocenters. The topological polar surface area (TPSA) is 38.5 Å². The summed E-state index contributed by atoms with van der Waals surface area (Å²) in [5, 5.41) is 0. The standard InChI is InChI=1S/C11H9NO2/c1-12-10-6-4-9(5-7-10)11(14)3-2-8-13/h4-8H,2-3H2. The van der Waals surface area contributed by atoms with Crippen LogP contribution in [0, 0.1) is 6.57 Å². The van der Waals surface area contributed by atoms with E-state index in [2.05, 4.69) is 4.85 Å². The third-order valence-corrected chi connectivity index (χ3v) is 1.81. The Morgan fingerprint density at radius 1 is 1.36 bits per heavy atom. The van der Waals surface area contributed by atoms with Crippen LogP contribution in [0.4, 0.5) is 5.69 Å². The fraction of sp³-hybridized carbons (Fsp3) is 0.182. The van der Waals surface area contributed by atoms with Crippen molar-refractivity contribution in [3.63, 3.8) is 0 Å². The van der Waals surface area contributed by atoms with Gasteiger partial charge in [0.1, 0.15) is 6.29 Å². The van der Waals surface area contributed by atoms with Crippen molar-refractivity contribution in [1.29, 1.82) is 0 Å². The summed E-state index contributed by atoms with van der Waals surface area (Å²) >= 11 is 0. The molecule has 0 heterocycles. The molecule has 0 fully saturated rings. The van der Waals surface area contributed by atoms with Gasteiger partial charge >= 0.3 is 0 Å². The summed E-state index contributed by atoms with van der Waals surface area (Å²) in [7, 11) is 0. The highest BCUT2D eigenvalue weighted by molar-refractivity contribution is 5.97. The van der Waals surface area contributed by atoms with Gasteiger partial charge in [-0.15, -0.1) is 0 Å². The SMILES string of the molecule is [C-]#[N+]c1ccc(C(=O)CCC=O)cc1. The summed E-state index contributed by atoms with van der Waals surface area (Å²) in [6.07, 6.45) is 1.22. The number of rotatable bonds is 4. The zero-order valence-corrected chi connectivity index (χ0v) is 7.56. The van der Waals surface area contributed by atoms with Gasteiger partial charge in [-0.05, 0) is 0 Å². The van der Waals surface area contributed by atoms with Crippen LogP contribution in [-0.4, -0.2) is 12.1 Å². The lowest BCUT2D eigenvalue weighted by Crippen LogP contribution is -1.98. The lowest BCUT2D eigenvalue weighted by Gasteiger charge is -1.97. The van der Waals surface area contributed by atoms with Gasteiger partial charge < -0.3 is 4.79 Å². The van der Waals surface area contributed by atoms with Crippen LogP contribution in [0.2, 0.25) is 0 Å². The monoisotopic (exact) mass is 187 g/mol. The lowest BCUT2D eigenvalue weighted by molar-refractivity contribution is -0.107. The number of hydrogen-bond acceptors (Lipinski definition) is 2. The van der Waals surface area contributed by atoms with E-state index < -0.39 is 0 Å². The molecule has 0 amide bonds. The van der Waals surface area contributed by atoms with E-state index in [0.717, 1.165) is 6.29 Å². The van der Waals surface area contributed by atoms with Gasteiger partial charge in [-0.2, -0.15) is 0 Å². The molecule has 1 rings (SSSR count). The molecule has 3 nitrogen and oxygen atoms in total. The Labute approximate surface area is 82.2 Å². The average molecular weight is 187 g/mol. The number of nitrogens with zero attached hydrogens (tertiary/aromatic N) is 1. The van der Waals surface area contributed by atoms with Crippen molar-refractivity contribution < 1.29 is 9.59 Å². The molecule has 0 radical (unpaired) electrons. The summed E-state index contributed by atoms with van der Waals surface area (Å²) in [6.45, 7) is 6.73. The zero-order chi connectivity index (χ0) is 10.4. The summed E-state index contributed by atoms with van der Waals surface area (Å²) in [4.78, 5) is 24.6. The molecule has 0 atom stereocenters. The second kappa shape index (κ2) is 4.93. The van der Waals surface area contributed by atoms with Gasteiger partial charge in [0, 0.05) is 18.4 Å². The fourth-order valence-electron chi connectivity index (χ4n) is 1.06. The van der Waals surface area contributed by atoms with Crippen molar-refractivity contribution >= 4 is 17.8 Å². The highest BCUT2D eigenvalue weighted by atomic mass is 16.1. The molecule has 0 aliphatic carbocycles. The number of hydrogen-bond donors (Lipinski definition) is 0. The van der Waals surface area contributed by atoms with Crippen molar-refractivity contribution in [3.8, 4) is 0 Å². The van der Waals surface area contributed by atoms with Crippen molar-refractivity contribution in [2.24, 2.45) is 0 Å². The normalized spacial score (nSPS) is 9.07. The minimum absolute atomic E-state index is 0.0615. The van der Waals surface area contributed by atoms with Crippen molar-refractivity contribution in [2.75, 3.05) is 0 Å². The molecule has 14 heavy (non-hydrogen) atoms. The molecule has 0 bridgehead atoms. The van der Waals surface area contributed by atoms with Crippen LogP contribution >= 0.6 is 0 Å². The summed E-state index contributed by atoms with van der Waals surface area (Å²) in [5.41, 5.74) is 1.07. The van der Waals surface area contributed by atoms with Crippen LogP contribution in [0.5, 0.6) is 0 Å². The first-order valence-electron chi connectivity index (χ1n) is 4.22. The Bertz CT molecular complexity index is 373. The summed E-state index contributed by atoms with van der Waals surface area (Å²) in [6, 6.07) is 6.42. The summed E-state index contributed by atoms with van der Waals surface area (Å²) < 4.78 is 0. The molecule has 3 heteroatoms. The van der Waals surface area contributed by atoms with Crippen LogP contribution in [0.25, 0.3) is 4.85 Å². The van der Waals surface area contributed by atoms with Gasteiger partial charge in [0.2, 0.25) is 0 Å². The molecule has 0 saturated carbocycles. The lowest BCUT2D eigenvalue weighted by atomic mass is 10.1. The van der Waals surface area contributed by atoms with Crippen LogP contribution in [0.1, 0.15) is 23.2 Å². The maximum Gasteiger partial charge on any atom is 0.187 e. The van der Waals surface area contributed by atoms with Gasteiger partial charge in [0.15, 0.2) is 11.5 Å². The quantitative estimate of drug-likeness (QED) is 0.412. The first-order valence-corrected chi connectivity index (χ1v) is 4.22. The fourth-order valence-corrected chi connectivity index (χ4v) is 1.06. The Kier molecular flexibility index (Phi) is 3.57. The van der Waals surface area contributed by atoms with Crippen molar-refractivity contribution in [1.82, 2.24) is 0 Å². The predicted molar refractivity (Wildman–Crippen MR) is 52.3 cm³/mol. The first kappa shape index (κ1) is 10.1. The number of aldehydes is 1. The molecule has 0 saturated heterocycles. The molecule has 0 N–H and O–H groups in total. The third kappa shape index (κ3) is 2.53. The number of benzene rings is 1. The molecule has 0 spiro atoms. The summed E-state index contributed by atoms with van der Waals surface area (Å²) in [5.74, 6) is -0.0615. The Balaban J connectivity index is 2.72. The third-order valence-electron chi connectivity index (χ3n) is 1.81. The highest BCUT2D eigenvalue weighted by Gasteiger charge is 2.04. The number of carbonyl (C=O) groups is 2. The minimum atomic E-state index is -0.0615. The van der Waals surface area contributed by atoms with Gasteiger partial charge in [0.25, 0.3) is 0 Å². The Morgan fingerprint density at radius 2 is 2.00 bits per heavy atom. The second-order valence-corrected chi connectivity index (χ2v) is 2.79. The van der Waals surface area contributed by atoms with E-state index in [9.17, 15) is 9.59 Å². The molecule has 1 aromatic rings. The average Bonchev–Trinajstić information content (AvgIpc) is 2.26. The maximum absolute atomic E-state index is 11.4. The minimum Gasteiger partial charge on any atom is -0.303 e. The van der Waals surface area contributed by atoms with Gasteiger partial charge in [0.05, 0.1) is 6.57 Å².